The van der Waals surface area contributed by atoms with Gasteiger partial charge in [-0.3, -0.25) is 0 Å². The van der Waals surface area contributed by atoms with Crippen LogP contribution in [-0.2, 0) is 6.42 Å². The van der Waals surface area contributed by atoms with Gasteiger partial charge in [0.1, 0.15) is 5.75 Å². The lowest BCUT2D eigenvalue weighted by atomic mass is 9.85. The van der Waals surface area contributed by atoms with E-state index in [9.17, 15) is 0 Å². The first-order valence-corrected chi connectivity index (χ1v) is 7.64. The van der Waals surface area contributed by atoms with Crippen molar-refractivity contribution in [3.05, 3.63) is 29.3 Å². The van der Waals surface area contributed by atoms with E-state index in [0.717, 1.165) is 31.7 Å². The number of rotatable bonds is 5. The molecule has 112 valence electrons. The van der Waals surface area contributed by atoms with Crippen molar-refractivity contribution in [1.82, 2.24) is 10.2 Å². The Morgan fingerprint density at radius 3 is 2.75 bits per heavy atom. The lowest BCUT2D eigenvalue weighted by molar-refractivity contribution is 0.135. The Bertz CT molecular complexity index is 454. The first-order valence-electron chi connectivity index (χ1n) is 7.64. The Kier molecular flexibility index (Phi) is 4.71. The molecule has 1 heterocycles. The molecule has 0 amide bonds. The lowest BCUT2D eigenvalue weighted by Gasteiger charge is -2.41. The topological polar surface area (TPSA) is 24.5 Å². The van der Waals surface area contributed by atoms with E-state index in [-0.39, 0.29) is 11.6 Å². The average molecular weight is 276 g/mol. The van der Waals surface area contributed by atoms with Crippen LogP contribution in [0.5, 0.6) is 5.75 Å². The van der Waals surface area contributed by atoms with E-state index < -0.39 is 0 Å². The number of likely N-dealkylation sites (N-methyl/N-ethyl adjacent to an activating group) is 2. The Morgan fingerprint density at radius 1 is 1.35 bits per heavy atom. The minimum absolute atomic E-state index is 0.0198. The Balaban J connectivity index is 2.44. The van der Waals surface area contributed by atoms with Gasteiger partial charge in [0.2, 0.25) is 0 Å². The Labute approximate surface area is 123 Å². The third-order valence-electron chi connectivity index (χ3n) is 4.54. The summed E-state index contributed by atoms with van der Waals surface area (Å²) in [6.45, 7) is 8.51. The van der Waals surface area contributed by atoms with Gasteiger partial charge < -0.3 is 15.0 Å². The molecule has 1 aromatic rings. The molecule has 0 fully saturated rings. The van der Waals surface area contributed by atoms with Gasteiger partial charge in [0, 0.05) is 11.1 Å². The predicted molar refractivity (Wildman–Crippen MR) is 84.4 cm³/mol. The largest absolute Gasteiger partial charge is 0.493 e. The van der Waals surface area contributed by atoms with Crippen LogP contribution >= 0.6 is 0 Å². The first-order chi connectivity index (χ1) is 9.48. The van der Waals surface area contributed by atoms with E-state index in [2.05, 4.69) is 63.3 Å². The minimum atomic E-state index is 0.0198. The maximum absolute atomic E-state index is 6.00. The maximum Gasteiger partial charge on any atom is 0.127 e. The van der Waals surface area contributed by atoms with Crippen LogP contribution in [0.4, 0.5) is 0 Å². The third kappa shape index (κ3) is 2.84. The fourth-order valence-electron chi connectivity index (χ4n) is 2.84. The molecule has 0 radical (unpaired) electrons. The van der Waals surface area contributed by atoms with Gasteiger partial charge in [0.25, 0.3) is 0 Å². The second-order valence-corrected chi connectivity index (χ2v) is 6.33. The summed E-state index contributed by atoms with van der Waals surface area (Å²) in [6, 6.07) is 6.83. The van der Waals surface area contributed by atoms with Crippen LogP contribution in [-0.4, -0.2) is 37.7 Å². The van der Waals surface area contributed by atoms with Crippen molar-refractivity contribution in [3.8, 4) is 5.75 Å². The number of para-hydroxylation sites is 1. The van der Waals surface area contributed by atoms with E-state index in [1.54, 1.807) is 0 Å². The number of aryl methyl sites for hydroxylation is 1. The molecule has 0 aromatic heterocycles. The standard InChI is InChI=1S/C17H28N2O/c1-6-18-16(17(2,3)19(4)5)14-11-7-9-13-10-8-12-20-15(13)14/h7,9,11,16,18H,6,8,10,12H2,1-5H3. The van der Waals surface area contributed by atoms with E-state index >= 15 is 0 Å². The number of ether oxygens (including phenoxy) is 1. The summed E-state index contributed by atoms with van der Waals surface area (Å²) < 4.78 is 6.00. The zero-order chi connectivity index (χ0) is 14.8. The predicted octanol–water partition coefficient (Wildman–Crippen LogP) is 3.00. The molecule has 1 aromatic carbocycles. The van der Waals surface area contributed by atoms with E-state index in [1.807, 2.05) is 0 Å². The van der Waals surface area contributed by atoms with Crippen molar-refractivity contribution in [1.29, 1.82) is 0 Å². The fourth-order valence-corrected chi connectivity index (χ4v) is 2.84. The SMILES string of the molecule is CCNC(c1cccc2c1OCCC2)C(C)(C)N(C)C. The molecule has 2 rings (SSSR count). The highest BCUT2D eigenvalue weighted by Crippen LogP contribution is 2.38. The molecule has 1 unspecified atom stereocenters. The number of hydrogen-bond acceptors (Lipinski definition) is 3. The van der Waals surface area contributed by atoms with Crippen molar-refractivity contribution in [3.63, 3.8) is 0 Å². The summed E-state index contributed by atoms with van der Waals surface area (Å²) >= 11 is 0. The van der Waals surface area contributed by atoms with E-state index in [4.69, 9.17) is 4.74 Å². The summed E-state index contributed by atoms with van der Waals surface area (Å²) in [6.07, 6.45) is 2.25. The Morgan fingerprint density at radius 2 is 2.10 bits per heavy atom. The summed E-state index contributed by atoms with van der Waals surface area (Å²) in [5, 5.41) is 3.65. The van der Waals surface area contributed by atoms with E-state index in [0.29, 0.717) is 0 Å². The van der Waals surface area contributed by atoms with Gasteiger partial charge in [-0.2, -0.15) is 0 Å². The molecule has 0 saturated carbocycles. The molecular weight excluding hydrogens is 248 g/mol. The molecule has 1 N–H and O–H groups in total. The molecule has 0 bridgehead atoms. The van der Waals surface area contributed by atoms with Crippen LogP contribution in [0.15, 0.2) is 18.2 Å². The summed E-state index contributed by atoms with van der Waals surface area (Å²) in [5.41, 5.74) is 2.67. The van der Waals surface area contributed by atoms with Crippen molar-refractivity contribution in [2.75, 3.05) is 27.2 Å². The molecule has 0 spiro atoms. The monoisotopic (exact) mass is 276 g/mol. The number of hydrogen-bond donors (Lipinski definition) is 1. The normalized spacial score (nSPS) is 16.7. The van der Waals surface area contributed by atoms with Gasteiger partial charge in [-0.15, -0.1) is 0 Å². The highest BCUT2D eigenvalue weighted by molar-refractivity contribution is 5.45. The highest BCUT2D eigenvalue weighted by Gasteiger charge is 2.35. The van der Waals surface area contributed by atoms with Crippen molar-refractivity contribution in [2.24, 2.45) is 0 Å². The van der Waals surface area contributed by atoms with Gasteiger partial charge in [0.05, 0.1) is 12.6 Å². The summed E-state index contributed by atoms with van der Waals surface area (Å²) in [5.74, 6) is 1.11. The zero-order valence-corrected chi connectivity index (χ0v) is 13.5. The maximum atomic E-state index is 6.00. The van der Waals surface area contributed by atoms with Crippen molar-refractivity contribution >= 4 is 0 Å². The van der Waals surface area contributed by atoms with Gasteiger partial charge >= 0.3 is 0 Å². The molecule has 1 aliphatic rings. The van der Waals surface area contributed by atoms with Crippen LogP contribution < -0.4 is 10.1 Å². The molecule has 0 saturated heterocycles. The molecule has 3 heteroatoms. The zero-order valence-electron chi connectivity index (χ0n) is 13.5. The smallest absolute Gasteiger partial charge is 0.127 e. The fraction of sp³-hybridized carbons (Fsp3) is 0.647. The van der Waals surface area contributed by atoms with Crippen molar-refractivity contribution < 1.29 is 4.74 Å². The summed E-state index contributed by atoms with van der Waals surface area (Å²) in [4.78, 5) is 2.28. The van der Waals surface area contributed by atoms with Crippen LogP contribution in [0.2, 0.25) is 0 Å². The van der Waals surface area contributed by atoms with Gasteiger partial charge in [-0.1, -0.05) is 25.1 Å². The van der Waals surface area contributed by atoms with Crippen LogP contribution in [0.3, 0.4) is 0 Å². The number of nitrogens with zero attached hydrogens (tertiary/aromatic N) is 1. The number of nitrogens with one attached hydrogen (secondary N) is 1. The highest BCUT2D eigenvalue weighted by atomic mass is 16.5. The molecule has 0 aliphatic carbocycles. The number of benzene rings is 1. The van der Waals surface area contributed by atoms with Crippen LogP contribution in [0.25, 0.3) is 0 Å². The quantitative estimate of drug-likeness (QED) is 0.895. The second kappa shape index (κ2) is 6.15. The lowest BCUT2D eigenvalue weighted by Crippen LogP contribution is -2.49. The number of fused-ring (bicyclic) bond motifs is 1. The average Bonchev–Trinajstić information content (AvgIpc) is 2.44. The third-order valence-corrected chi connectivity index (χ3v) is 4.54. The molecule has 1 aliphatic heterocycles. The first kappa shape index (κ1) is 15.3. The van der Waals surface area contributed by atoms with Gasteiger partial charge in [0.15, 0.2) is 0 Å². The van der Waals surface area contributed by atoms with Crippen molar-refractivity contribution in [2.45, 2.75) is 45.2 Å². The van der Waals surface area contributed by atoms with Crippen LogP contribution in [0.1, 0.15) is 44.4 Å². The second-order valence-electron chi connectivity index (χ2n) is 6.33. The van der Waals surface area contributed by atoms with Gasteiger partial charge in [-0.05, 0) is 52.9 Å². The van der Waals surface area contributed by atoms with E-state index in [1.165, 1.54) is 11.1 Å². The Hall–Kier alpha value is -1.06. The molecular formula is C17H28N2O. The molecule has 3 nitrogen and oxygen atoms in total. The van der Waals surface area contributed by atoms with Crippen LogP contribution in [0, 0.1) is 0 Å². The summed E-state index contributed by atoms with van der Waals surface area (Å²) in [7, 11) is 4.28. The molecule has 20 heavy (non-hydrogen) atoms. The van der Waals surface area contributed by atoms with Gasteiger partial charge in [-0.25, -0.2) is 0 Å². The molecule has 1 atom stereocenters. The minimum Gasteiger partial charge on any atom is -0.493 e.